The number of methoxy groups -OCH3 is 1. The van der Waals surface area contributed by atoms with Gasteiger partial charge >= 0.3 is 0 Å². The zero-order valence-electron chi connectivity index (χ0n) is 11.6. The molecule has 0 amide bonds. The molecule has 4 nitrogen and oxygen atoms in total. The molecule has 1 N–H and O–H groups in total. The average Bonchev–Trinajstić information content (AvgIpc) is 2.46. The molecule has 0 fully saturated rings. The van der Waals surface area contributed by atoms with Gasteiger partial charge in [0, 0.05) is 38.0 Å². The lowest BCUT2D eigenvalue weighted by Crippen LogP contribution is -2.19. The van der Waals surface area contributed by atoms with E-state index in [1.165, 1.54) is 18.3 Å². The van der Waals surface area contributed by atoms with E-state index in [9.17, 15) is 4.39 Å². The van der Waals surface area contributed by atoms with Gasteiger partial charge in [-0.15, -0.1) is 0 Å². The minimum Gasteiger partial charge on any atom is -0.455 e. The van der Waals surface area contributed by atoms with Crippen molar-refractivity contribution in [1.29, 1.82) is 0 Å². The molecular weight excluding hydrogens is 295 g/mol. The van der Waals surface area contributed by atoms with E-state index in [1.54, 1.807) is 25.4 Å². The number of halogens is 2. The van der Waals surface area contributed by atoms with Crippen LogP contribution in [0.4, 0.5) is 4.39 Å². The minimum absolute atomic E-state index is 0.310. The molecule has 0 aliphatic rings. The van der Waals surface area contributed by atoms with Gasteiger partial charge in [0.15, 0.2) is 0 Å². The Kier molecular flexibility index (Phi) is 5.92. The Morgan fingerprint density at radius 3 is 2.90 bits per heavy atom. The highest BCUT2D eigenvalue weighted by Gasteiger charge is 2.07. The summed E-state index contributed by atoms with van der Waals surface area (Å²) in [6.45, 7) is 1.74. The van der Waals surface area contributed by atoms with Gasteiger partial charge in [-0.25, -0.2) is 4.39 Å². The van der Waals surface area contributed by atoms with Crippen molar-refractivity contribution in [1.82, 2.24) is 10.3 Å². The summed E-state index contributed by atoms with van der Waals surface area (Å²) in [7, 11) is 1.63. The number of nitrogens with one attached hydrogen (secondary N) is 1. The Morgan fingerprint density at radius 1 is 1.29 bits per heavy atom. The summed E-state index contributed by atoms with van der Waals surface area (Å²) in [5.41, 5.74) is 0.714. The Morgan fingerprint density at radius 2 is 2.14 bits per heavy atom. The first-order valence-corrected chi connectivity index (χ1v) is 6.83. The lowest BCUT2D eigenvalue weighted by Gasteiger charge is -2.12. The van der Waals surface area contributed by atoms with E-state index >= 15 is 0 Å². The van der Waals surface area contributed by atoms with Crippen molar-refractivity contribution in [3.05, 3.63) is 53.1 Å². The molecule has 0 spiro atoms. The molecule has 0 saturated carbocycles. The molecule has 0 unspecified atom stereocenters. The Bertz CT molecular complexity index is 596. The summed E-state index contributed by atoms with van der Waals surface area (Å²) in [5.74, 6) is 0.757. The van der Waals surface area contributed by atoms with Gasteiger partial charge in [-0.2, -0.15) is 0 Å². The number of rotatable bonds is 7. The van der Waals surface area contributed by atoms with Crippen LogP contribution >= 0.6 is 11.6 Å². The van der Waals surface area contributed by atoms with E-state index in [0.29, 0.717) is 41.8 Å². The van der Waals surface area contributed by atoms with E-state index in [-0.39, 0.29) is 5.82 Å². The van der Waals surface area contributed by atoms with Crippen LogP contribution in [0.15, 0.2) is 36.7 Å². The number of aromatic nitrogens is 1. The van der Waals surface area contributed by atoms with Gasteiger partial charge in [0.05, 0.1) is 17.8 Å². The molecule has 2 rings (SSSR count). The van der Waals surface area contributed by atoms with Crippen molar-refractivity contribution in [2.45, 2.75) is 6.54 Å². The zero-order valence-corrected chi connectivity index (χ0v) is 12.4. The summed E-state index contributed by atoms with van der Waals surface area (Å²) in [5, 5.41) is 3.63. The van der Waals surface area contributed by atoms with E-state index in [4.69, 9.17) is 21.1 Å². The molecule has 0 atom stereocenters. The van der Waals surface area contributed by atoms with E-state index < -0.39 is 0 Å². The molecule has 0 aliphatic heterocycles. The largest absolute Gasteiger partial charge is 0.455 e. The molecule has 0 bridgehead atoms. The molecule has 0 saturated heterocycles. The van der Waals surface area contributed by atoms with Gasteiger partial charge in [0.1, 0.15) is 17.3 Å². The van der Waals surface area contributed by atoms with Crippen molar-refractivity contribution in [3.63, 3.8) is 0 Å². The van der Waals surface area contributed by atoms with Gasteiger partial charge in [-0.3, -0.25) is 4.98 Å². The van der Waals surface area contributed by atoms with Crippen molar-refractivity contribution >= 4 is 11.6 Å². The molecule has 112 valence electrons. The molecular formula is C15H16ClFN2O2. The fourth-order valence-corrected chi connectivity index (χ4v) is 1.92. The smallest absolute Gasteiger partial charge is 0.147 e. The average molecular weight is 311 g/mol. The Balaban J connectivity index is 2.10. The first-order chi connectivity index (χ1) is 10.2. The lowest BCUT2D eigenvalue weighted by molar-refractivity contribution is 0.199. The predicted molar refractivity (Wildman–Crippen MR) is 79.3 cm³/mol. The third-order valence-corrected chi connectivity index (χ3v) is 2.94. The summed E-state index contributed by atoms with van der Waals surface area (Å²) in [4.78, 5) is 3.95. The quantitative estimate of drug-likeness (QED) is 0.796. The molecule has 6 heteroatoms. The highest BCUT2D eigenvalue weighted by molar-refractivity contribution is 6.30. The third kappa shape index (κ3) is 4.97. The number of hydrogen-bond donors (Lipinski definition) is 1. The monoisotopic (exact) mass is 310 g/mol. The normalized spacial score (nSPS) is 10.6. The first-order valence-electron chi connectivity index (χ1n) is 6.45. The van der Waals surface area contributed by atoms with Gasteiger partial charge in [0.2, 0.25) is 0 Å². The van der Waals surface area contributed by atoms with Crippen molar-refractivity contribution < 1.29 is 13.9 Å². The van der Waals surface area contributed by atoms with Crippen LogP contribution in [0.5, 0.6) is 11.5 Å². The predicted octanol–water partition coefficient (Wildman–Crippen LogP) is 3.40. The molecule has 0 aliphatic carbocycles. The summed E-state index contributed by atoms with van der Waals surface area (Å²) >= 11 is 5.87. The van der Waals surface area contributed by atoms with Crippen molar-refractivity contribution in [2.75, 3.05) is 20.3 Å². The SMILES string of the molecule is COCCNCc1cc(F)ccc1Oc1cncc(Cl)c1. The standard InChI is InChI=1S/C15H16ClFN2O2/c1-20-5-4-18-8-11-6-13(17)2-3-15(11)21-14-7-12(16)9-19-10-14/h2-3,6-7,9-10,18H,4-5,8H2,1H3. The van der Waals surface area contributed by atoms with E-state index in [1.807, 2.05) is 0 Å². The number of benzene rings is 1. The van der Waals surface area contributed by atoms with E-state index in [0.717, 1.165) is 0 Å². The highest BCUT2D eigenvalue weighted by atomic mass is 35.5. The molecule has 1 heterocycles. The molecule has 1 aromatic heterocycles. The molecule has 21 heavy (non-hydrogen) atoms. The van der Waals surface area contributed by atoms with Crippen LogP contribution < -0.4 is 10.1 Å². The number of ether oxygens (including phenoxy) is 2. The number of hydrogen-bond acceptors (Lipinski definition) is 4. The van der Waals surface area contributed by atoms with Gasteiger partial charge in [-0.05, 0) is 18.2 Å². The van der Waals surface area contributed by atoms with Crippen LogP contribution in [0, 0.1) is 5.82 Å². The fourth-order valence-electron chi connectivity index (χ4n) is 1.76. The second kappa shape index (κ2) is 7.93. The summed E-state index contributed by atoms with van der Waals surface area (Å²) in [6.07, 6.45) is 3.07. The highest BCUT2D eigenvalue weighted by Crippen LogP contribution is 2.27. The van der Waals surface area contributed by atoms with Crippen molar-refractivity contribution in [3.8, 4) is 11.5 Å². The van der Waals surface area contributed by atoms with Gasteiger partial charge < -0.3 is 14.8 Å². The molecule has 1 aromatic carbocycles. The molecule has 0 radical (unpaired) electrons. The first kappa shape index (κ1) is 15.7. The zero-order chi connectivity index (χ0) is 15.1. The number of pyridine rings is 1. The minimum atomic E-state index is -0.310. The number of nitrogens with zero attached hydrogens (tertiary/aromatic N) is 1. The van der Waals surface area contributed by atoms with Crippen LogP contribution in [0.3, 0.4) is 0 Å². The molecule has 2 aromatic rings. The summed E-state index contributed by atoms with van der Waals surface area (Å²) in [6, 6.07) is 6.03. The maximum Gasteiger partial charge on any atom is 0.147 e. The van der Waals surface area contributed by atoms with Gasteiger partial charge in [0.25, 0.3) is 0 Å². The Hall–Kier alpha value is -1.69. The second-order valence-corrected chi connectivity index (χ2v) is 4.80. The van der Waals surface area contributed by atoms with E-state index in [2.05, 4.69) is 10.3 Å². The van der Waals surface area contributed by atoms with Crippen LogP contribution in [-0.4, -0.2) is 25.2 Å². The van der Waals surface area contributed by atoms with Crippen LogP contribution in [0.25, 0.3) is 0 Å². The fraction of sp³-hybridized carbons (Fsp3) is 0.267. The van der Waals surface area contributed by atoms with Crippen molar-refractivity contribution in [2.24, 2.45) is 0 Å². The second-order valence-electron chi connectivity index (χ2n) is 4.36. The summed E-state index contributed by atoms with van der Waals surface area (Å²) < 4.78 is 24.1. The maximum atomic E-state index is 13.4. The van der Waals surface area contributed by atoms with Crippen LogP contribution in [0.2, 0.25) is 5.02 Å². The Labute approximate surface area is 127 Å². The van der Waals surface area contributed by atoms with Crippen LogP contribution in [-0.2, 0) is 11.3 Å². The van der Waals surface area contributed by atoms with Crippen LogP contribution in [0.1, 0.15) is 5.56 Å². The van der Waals surface area contributed by atoms with Gasteiger partial charge in [-0.1, -0.05) is 11.6 Å². The lowest BCUT2D eigenvalue weighted by atomic mass is 10.2. The maximum absolute atomic E-state index is 13.4. The third-order valence-electron chi connectivity index (χ3n) is 2.73. The topological polar surface area (TPSA) is 43.4 Å².